The topological polar surface area (TPSA) is 3.24 Å². The van der Waals surface area contributed by atoms with Crippen LogP contribution in [0.15, 0.2) is 170 Å². The van der Waals surface area contributed by atoms with E-state index in [1.54, 1.807) is 11.1 Å². The molecule has 1 nitrogen and oxygen atoms in total. The van der Waals surface area contributed by atoms with Crippen LogP contribution in [0.4, 0.5) is 17.1 Å². The predicted molar refractivity (Wildman–Crippen MR) is 272 cm³/mol. The largest absolute Gasteiger partial charge is 0.309 e. The molecule has 6 saturated carbocycles. The normalized spacial score (nSPS) is 29.1. The van der Waals surface area contributed by atoms with Gasteiger partial charge in [-0.05, 0) is 175 Å². The molecule has 0 aliphatic heterocycles. The van der Waals surface area contributed by atoms with E-state index in [9.17, 15) is 0 Å². The summed E-state index contributed by atoms with van der Waals surface area (Å²) in [6, 6.07) is 66.6. The second-order valence-corrected chi connectivity index (χ2v) is 22.5. The average Bonchev–Trinajstić information content (AvgIpc) is 3.47. The molecule has 0 amide bonds. The minimum absolute atomic E-state index is 0.123. The van der Waals surface area contributed by atoms with E-state index in [2.05, 4.69) is 189 Å². The first-order chi connectivity index (χ1) is 32.5. The number of benzene rings is 8. The van der Waals surface area contributed by atoms with E-state index in [0.29, 0.717) is 16.7 Å². The van der Waals surface area contributed by atoms with Crippen LogP contribution in [-0.2, 0) is 10.8 Å². The molecule has 1 heteroatoms. The van der Waals surface area contributed by atoms with E-state index in [-0.39, 0.29) is 10.8 Å². The van der Waals surface area contributed by atoms with Crippen molar-refractivity contribution >= 4 is 27.8 Å². The highest BCUT2D eigenvalue weighted by atomic mass is 15.1. The second-order valence-electron chi connectivity index (χ2n) is 22.5. The molecule has 0 aromatic heterocycles. The van der Waals surface area contributed by atoms with Gasteiger partial charge >= 0.3 is 0 Å². The number of hydrogen-bond acceptors (Lipinski definition) is 1. The highest BCUT2D eigenvalue weighted by molar-refractivity contribution is 6.04. The average molecular weight is 850 g/mol. The van der Waals surface area contributed by atoms with Gasteiger partial charge in [0.25, 0.3) is 0 Å². The zero-order chi connectivity index (χ0) is 43.3. The Kier molecular flexibility index (Phi) is 6.96. The van der Waals surface area contributed by atoms with Crippen molar-refractivity contribution in [2.75, 3.05) is 4.90 Å². The van der Waals surface area contributed by atoms with Gasteiger partial charge in [-0.1, -0.05) is 173 Å². The molecule has 6 fully saturated rings. The maximum atomic E-state index is 2.71. The summed E-state index contributed by atoms with van der Waals surface area (Å²) >= 11 is 0. The van der Waals surface area contributed by atoms with E-state index in [1.165, 1.54) is 140 Å². The SMILES string of the molecule is CC1(C)c2ccccc2-c2ccc(N(c3ccccc3-c3ccc4c(c3)C3(c5ccccc5-4)C4CC5CC6CC37C6C547)c3ccccc3-c3cccc4cccc(C5CCCCC5)c34)cc21. The lowest BCUT2D eigenvalue weighted by molar-refractivity contribution is -0.189. The summed E-state index contributed by atoms with van der Waals surface area (Å²) in [4.78, 5) is 2.64. The van der Waals surface area contributed by atoms with Gasteiger partial charge in [-0.3, -0.25) is 0 Å². The van der Waals surface area contributed by atoms with E-state index < -0.39 is 0 Å². The zero-order valence-corrected chi connectivity index (χ0v) is 38.2. The van der Waals surface area contributed by atoms with Crippen LogP contribution in [0.1, 0.15) is 98.9 Å². The van der Waals surface area contributed by atoms with Gasteiger partial charge in [0.15, 0.2) is 0 Å². The van der Waals surface area contributed by atoms with Crippen LogP contribution in [0.3, 0.4) is 0 Å². The highest BCUT2D eigenvalue weighted by Gasteiger charge is 3.08. The Balaban J connectivity index is 0.916. The molecule has 0 saturated heterocycles. The van der Waals surface area contributed by atoms with Gasteiger partial charge in [0.2, 0.25) is 0 Å². The summed E-state index contributed by atoms with van der Waals surface area (Å²) in [6.07, 6.45) is 11.0. The van der Waals surface area contributed by atoms with Crippen molar-refractivity contribution in [2.24, 2.45) is 34.5 Å². The standard InChI is InChI=1S/C65H55N/c1-62(2)53-26-10-6-21-47(53)49-33-31-44(37-55(49)62)66(58-29-13-9-23-51(58)52-25-15-19-40-18-14-24-46(60(40)52)39-16-4-3-5-17-39)57-28-12-8-20-45(57)41-30-32-50-48-22-7-11-27-54(48)65(56(50)35-41)59-36-43-34-42-38-63(65)61(42)64(43,59)63/h6-15,18-33,35,37,39,42-43,59,61H,3-5,16-17,34,36,38H2,1-2H3. The van der Waals surface area contributed by atoms with E-state index in [1.807, 2.05) is 0 Å². The van der Waals surface area contributed by atoms with Crippen molar-refractivity contribution in [1.29, 1.82) is 0 Å². The maximum Gasteiger partial charge on any atom is 0.0540 e. The van der Waals surface area contributed by atoms with Crippen molar-refractivity contribution < 1.29 is 0 Å². The Morgan fingerprint density at radius 2 is 1.14 bits per heavy atom. The molecule has 0 heterocycles. The number of nitrogens with zero attached hydrogens (tertiary/aromatic N) is 1. The van der Waals surface area contributed by atoms with Crippen molar-refractivity contribution in [2.45, 2.75) is 82.0 Å². The molecule has 16 rings (SSSR count). The molecular formula is C65H55N. The Hall–Kier alpha value is -6.18. The molecule has 8 aromatic carbocycles. The van der Waals surface area contributed by atoms with Crippen molar-refractivity contribution in [1.82, 2.24) is 0 Å². The van der Waals surface area contributed by atoms with E-state index >= 15 is 0 Å². The van der Waals surface area contributed by atoms with Crippen LogP contribution in [0, 0.1) is 34.5 Å². The first-order valence-corrected chi connectivity index (χ1v) is 25.5. The molecule has 8 aromatic rings. The third kappa shape index (κ3) is 4.05. The number of anilines is 3. The zero-order valence-electron chi connectivity index (χ0n) is 38.2. The first-order valence-electron chi connectivity index (χ1n) is 25.5. The molecule has 8 aliphatic carbocycles. The molecule has 3 spiro atoms. The van der Waals surface area contributed by atoms with Crippen LogP contribution in [-0.4, -0.2) is 0 Å². The lowest BCUT2D eigenvalue weighted by atomic mass is 9.30. The van der Waals surface area contributed by atoms with Gasteiger partial charge in [0.05, 0.1) is 11.4 Å². The molecule has 7 atom stereocenters. The molecule has 66 heavy (non-hydrogen) atoms. The Bertz CT molecular complexity index is 3430. The molecule has 320 valence electrons. The van der Waals surface area contributed by atoms with E-state index in [4.69, 9.17) is 0 Å². The van der Waals surface area contributed by atoms with Gasteiger partial charge < -0.3 is 4.90 Å². The van der Waals surface area contributed by atoms with Crippen molar-refractivity contribution in [3.63, 3.8) is 0 Å². The highest BCUT2D eigenvalue weighted by Crippen LogP contribution is 3.11. The Morgan fingerprint density at radius 3 is 1.94 bits per heavy atom. The maximum absolute atomic E-state index is 2.71. The molecule has 8 aliphatic rings. The molecule has 0 radical (unpaired) electrons. The van der Waals surface area contributed by atoms with Crippen LogP contribution in [0.25, 0.3) is 55.3 Å². The monoisotopic (exact) mass is 849 g/mol. The summed E-state index contributed by atoms with van der Waals surface area (Å²) in [5, 5.41) is 2.77. The fourth-order valence-corrected chi connectivity index (χ4v) is 18.2. The number of fused-ring (bicyclic) bond motifs is 10. The lowest BCUT2D eigenvalue weighted by Gasteiger charge is -2.72. The van der Waals surface area contributed by atoms with E-state index in [0.717, 1.165) is 23.7 Å². The summed E-state index contributed by atoms with van der Waals surface area (Å²) in [5.74, 6) is 4.36. The minimum atomic E-state index is -0.123. The van der Waals surface area contributed by atoms with Gasteiger partial charge in [0.1, 0.15) is 0 Å². The third-order valence-corrected chi connectivity index (χ3v) is 20.2. The smallest absolute Gasteiger partial charge is 0.0540 e. The third-order valence-electron chi connectivity index (χ3n) is 20.2. The molecule has 7 unspecified atom stereocenters. The Morgan fingerprint density at radius 1 is 0.500 bits per heavy atom. The van der Waals surface area contributed by atoms with Gasteiger partial charge in [-0.15, -0.1) is 0 Å². The predicted octanol–water partition coefficient (Wildman–Crippen LogP) is 16.9. The quantitative estimate of drug-likeness (QED) is 0.161. The van der Waals surface area contributed by atoms with Crippen LogP contribution < -0.4 is 4.90 Å². The molecular weight excluding hydrogens is 795 g/mol. The van der Waals surface area contributed by atoms with Gasteiger partial charge in [-0.2, -0.15) is 0 Å². The molecule has 0 N–H and O–H groups in total. The summed E-state index contributed by atoms with van der Waals surface area (Å²) < 4.78 is 0. The number of para-hydroxylation sites is 2. The second kappa shape index (κ2) is 12.4. The first kappa shape index (κ1) is 37.0. The number of rotatable bonds is 6. The Labute approximate surface area is 389 Å². The van der Waals surface area contributed by atoms with Crippen LogP contribution in [0.2, 0.25) is 0 Å². The minimum Gasteiger partial charge on any atom is -0.309 e. The number of hydrogen-bond donors (Lipinski definition) is 0. The summed E-state index contributed by atoms with van der Waals surface area (Å²) in [5.41, 5.74) is 23.5. The van der Waals surface area contributed by atoms with Crippen molar-refractivity contribution in [3.05, 3.63) is 198 Å². The fourth-order valence-electron chi connectivity index (χ4n) is 18.2. The summed E-state index contributed by atoms with van der Waals surface area (Å²) in [6.45, 7) is 4.84. The van der Waals surface area contributed by atoms with Gasteiger partial charge in [-0.25, -0.2) is 0 Å². The fraction of sp³-hybridized carbons (Fsp3) is 0.292. The van der Waals surface area contributed by atoms with Crippen LogP contribution >= 0.6 is 0 Å². The van der Waals surface area contributed by atoms with Gasteiger partial charge in [0, 0.05) is 27.6 Å². The van der Waals surface area contributed by atoms with Crippen molar-refractivity contribution in [3.8, 4) is 44.5 Å². The lowest BCUT2D eigenvalue weighted by Crippen LogP contribution is -2.70. The molecule has 0 bridgehead atoms. The summed E-state index contributed by atoms with van der Waals surface area (Å²) in [7, 11) is 0. The van der Waals surface area contributed by atoms with Crippen LogP contribution in [0.5, 0.6) is 0 Å².